The SMILES string of the molecule is COc1ccc(CN)cc1CSc1nnc(C)o1. The average Bonchev–Trinajstić information content (AvgIpc) is 2.81. The normalized spacial score (nSPS) is 10.6. The fraction of sp³-hybridized carbons (Fsp3) is 0.333. The van der Waals surface area contributed by atoms with Crippen LogP contribution >= 0.6 is 11.8 Å². The monoisotopic (exact) mass is 265 g/mol. The Kier molecular flexibility index (Phi) is 4.22. The van der Waals surface area contributed by atoms with Crippen LogP contribution in [0.5, 0.6) is 5.75 Å². The molecule has 0 spiro atoms. The van der Waals surface area contributed by atoms with Gasteiger partial charge in [-0.2, -0.15) is 0 Å². The number of thioether (sulfide) groups is 1. The summed E-state index contributed by atoms with van der Waals surface area (Å²) in [5.74, 6) is 2.12. The van der Waals surface area contributed by atoms with Gasteiger partial charge in [-0.25, -0.2) is 0 Å². The molecule has 0 aliphatic rings. The number of benzene rings is 1. The maximum Gasteiger partial charge on any atom is 0.276 e. The van der Waals surface area contributed by atoms with E-state index in [0.717, 1.165) is 16.9 Å². The summed E-state index contributed by atoms with van der Waals surface area (Å²) in [5, 5.41) is 8.29. The van der Waals surface area contributed by atoms with E-state index >= 15 is 0 Å². The smallest absolute Gasteiger partial charge is 0.276 e. The van der Waals surface area contributed by atoms with Gasteiger partial charge in [0.2, 0.25) is 5.89 Å². The van der Waals surface area contributed by atoms with Crippen LogP contribution in [-0.4, -0.2) is 17.3 Å². The second kappa shape index (κ2) is 5.88. The number of nitrogens with zero attached hydrogens (tertiary/aromatic N) is 2. The van der Waals surface area contributed by atoms with E-state index in [1.165, 1.54) is 11.8 Å². The van der Waals surface area contributed by atoms with Gasteiger partial charge < -0.3 is 14.9 Å². The zero-order valence-electron chi connectivity index (χ0n) is 10.3. The Morgan fingerprint density at radius 2 is 2.22 bits per heavy atom. The Balaban J connectivity index is 2.11. The molecule has 0 aliphatic carbocycles. The number of hydrogen-bond donors (Lipinski definition) is 1. The molecule has 1 aromatic carbocycles. The lowest BCUT2D eigenvalue weighted by atomic mass is 10.1. The van der Waals surface area contributed by atoms with E-state index in [2.05, 4.69) is 10.2 Å². The Labute approximate surface area is 110 Å². The van der Waals surface area contributed by atoms with Crippen LogP contribution in [0, 0.1) is 6.92 Å². The first-order valence-corrected chi connectivity index (χ1v) is 6.50. The summed E-state index contributed by atoms with van der Waals surface area (Å²) in [6.07, 6.45) is 0. The molecule has 18 heavy (non-hydrogen) atoms. The van der Waals surface area contributed by atoms with Crippen LogP contribution in [0.3, 0.4) is 0 Å². The molecule has 0 saturated heterocycles. The maximum absolute atomic E-state index is 5.63. The summed E-state index contributed by atoms with van der Waals surface area (Å²) in [7, 11) is 1.66. The summed E-state index contributed by atoms with van der Waals surface area (Å²) in [6.45, 7) is 2.29. The largest absolute Gasteiger partial charge is 0.496 e. The molecule has 0 aliphatic heterocycles. The molecule has 96 valence electrons. The minimum Gasteiger partial charge on any atom is -0.496 e. The Bertz CT molecular complexity index is 528. The summed E-state index contributed by atoms with van der Waals surface area (Å²) in [4.78, 5) is 0. The number of hydrogen-bond acceptors (Lipinski definition) is 6. The van der Waals surface area contributed by atoms with Gasteiger partial charge in [-0.05, 0) is 17.7 Å². The zero-order valence-corrected chi connectivity index (χ0v) is 11.2. The van der Waals surface area contributed by atoms with E-state index in [0.29, 0.717) is 23.4 Å². The highest BCUT2D eigenvalue weighted by atomic mass is 32.2. The third kappa shape index (κ3) is 3.02. The molecule has 0 bridgehead atoms. The van der Waals surface area contributed by atoms with Crippen molar-refractivity contribution < 1.29 is 9.15 Å². The van der Waals surface area contributed by atoms with Gasteiger partial charge in [0.1, 0.15) is 5.75 Å². The molecule has 1 heterocycles. The van der Waals surface area contributed by atoms with E-state index in [4.69, 9.17) is 14.9 Å². The number of methoxy groups -OCH3 is 1. The molecule has 2 rings (SSSR count). The van der Waals surface area contributed by atoms with Gasteiger partial charge in [-0.15, -0.1) is 10.2 Å². The van der Waals surface area contributed by atoms with E-state index in [1.54, 1.807) is 14.0 Å². The molecule has 1 aromatic heterocycles. The van der Waals surface area contributed by atoms with Crippen LogP contribution in [0.2, 0.25) is 0 Å². The minimum atomic E-state index is 0.515. The van der Waals surface area contributed by atoms with Crippen LogP contribution in [0.1, 0.15) is 17.0 Å². The second-order valence-corrected chi connectivity index (χ2v) is 4.65. The lowest BCUT2D eigenvalue weighted by molar-refractivity contribution is 0.411. The average molecular weight is 265 g/mol. The van der Waals surface area contributed by atoms with Crippen molar-refractivity contribution in [3.8, 4) is 5.75 Å². The highest BCUT2D eigenvalue weighted by molar-refractivity contribution is 7.98. The summed E-state index contributed by atoms with van der Waals surface area (Å²) in [6, 6.07) is 5.93. The number of nitrogens with two attached hydrogens (primary N) is 1. The molecule has 0 amide bonds. The minimum absolute atomic E-state index is 0.515. The van der Waals surface area contributed by atoms with Crippen molar-refractivity contribution in [1.82, 2.24) is 10.2 Å². The van der Waals surface area contributed by atoms with Gasteiger partial charge in [-0.3, -0.25) is 0 Å². The lowest BCUT2D eigenvalue weighted by Gasteiger charge is -2.08. The Morgan fingerprint density at radius 3 is 2.83 bits per heavy atom. The Morgan fingerprint density at radius 1 is 1.39 bits per heavy atom. The van der Waals surface area contributed by atoms with Gasteiger partial charge in [0.05, 0.1) is 7.11 Å². The molecule has 5 nitrogen and oxygen atoms in total. The molecular formula is C12H15N3O2S. The number of ether oxygens (including phenoxy) is 1. The standard InChI is InChI=1S/C12H15N3O2S/c1-8-14-15-12(17-8)18-7-10-5-9(6-13)3-4-11(10)16-2/h3-5H,6-7,13H2,1-2H3. The maximum atomic E-state index is 5.63. The topological polar surface area (TPSA) is 74.2 Å². The summed E-state index contributed by atoms with van der Waals surface area (Å²) >= 11 is 1.48. The van der Waals surface area contributed by atoms with Crippen LogP contribution in [0.25, 0.3) is 0 Å². The van der Waals surface area contributed by atoms with Crippen molar-refractivity contribution in [1.29, 1.82) is 0 Å². The van der Waals surface area contributed by atoms with Crippen LogP contribution in [0.4, 0.5) is 0 Å². The second-order valence-electron chi connectivity index (χ2n) is 3.73. The van der Waals surface area contributed by atoms with Crippen LogP contribution < -0.4 is 10.5 Å². The molecule has 0 saturated carbocycles. The number of aryl methyl sites for hydroxylation is 1. The highest BCUT2D eigenvalue weighted by Gasteiger charge is 2.08. The first-order valence-electron chi connectivity index (χ1n) is 5.51. The van der Waals surface area contributed by atoms with Crippen LogP contribution in [-0.2, 0) is 12.3 Å². The molecule has 0 fully saturated rings. The summed E-state index contributed by atoms with van der Waals surface area (Å²) < 4.78 is 10.6. The van der Waals surface area contributed by atoms with E-state index in [9.17, 15) is 0 Å². The third-order valence-corrected chi connectivity index (χ3v) is 3.31. The highest BCUT2D eigenvalue weighted by Crippen LogP contribution is 2.28. The van der Waals surface area contributed by atoms with Gasteiger partial charge >= 0.3 is 0 Å². The molecule has 6 heteroatoms. The molecule has 0 unspecified atom stereocenters. The first kappa shape index (κ1) is 12.9. The van der Waals surface area contributed by atoms with E-state index in [1.807, 2.05) is 18.2 Å². The van der Waals surface area contributed by atoms with E-state index < -0.39 is 0 Å². The van der Waals surface area contributed by atoms with E-state index in [-0.39, 0.29) is 0 Å². The lowest BCUT2D eigenvalue weighted by Crippen LogP contribution is -1.98. The first-order chi connectivity index (χ1) is 8.72. The van der Waals surface area contributed by atoms with Crippen LogP contribution in [0.15, 0.2) is 27.8 Å². The summed E-state index contributed by atoms with van der Waals surface area (Å²) in [5.41, 5.74) is 7.78. The molecule has 2 aromatic rings. The molecule has 0 atom stereocenters. The molecular weight excluding hydrogens is 250 g/mol. The predicted molar refractivity (Wildman–Crippen MR) is 69.5 cm³/mol. The number of rotatable bonds is 5. The Hall–Kier alpha value is -1.53. The third-order valence-electron chi connectivity index (χ3n) is 2.44. The van der Waals surface area contributed by atoms with Crippen molar-refractivity contribution in [2.75, 3.05) is 7.11 Å². The fourth-order valence-corrected chi connectivity index (χ4v) is 2.33. The van der Waals surface area contributed by atoms with Gasteiger partial charge in [0.25, 0.3) is 5.22 Å². The van der Waals surface area contributed by atoms with Gasteiger partial charge in [-0.1, -0.05) is 17.8 Å². The van der Waals surface area contributed by atoms with Gasteiger partial charge in [0, 0.05) is 24.8 Å². The van der Waals surface area contributed by atoms with Crippen molar-refractivity contribution >= 4 is 11.8 Å². The fourth-order valence-electron chi connectivity index (χ4n) is 1.55. The van der Waals surface area contributed by atoms with Crippen molar-refractivity contribution in [3.63, 3.8) is 0 Å². The quantitative estimate of drug-likeness (QED) is 0.835. The number of aromatic nitrogens is 2. The predicted octanol–water partition coefficient (Wildman–Crippen LogP) is 2.14. The van der Waals surface area contributed by atoms with Crippen molar-refractivity contribution in [2.45, 2.75) is 24.4 Å². The molecule has 0 radical (unpaired) electrons. The zero-order chi connectivity index (χ0) is 13.0. The van der Waals surface area contributed by atoms with Crippen molar-refractivity contribution in [3.05, 3.63) is 35.2 Å². The van der Waals surface area contributed by atoms with Gasteiger partial charge in [0.15, 0.2) is 0 Å². The van der Waals surface area contributed by atoms with Crippen molar-refractivity contribution in [2.24, 2.45) is 5.73 Å². The molecule has 2 N–H and O–H groups in total.